The molecule has 1 heterocycles. The molecule has 0 spiro atoms. The van der Waals surface area contributed by atoms with E-state index in [0.29, 0.717) is 13.1 Å². The number of nitrogens with one attached hydrogen (secondary N) is 2. The third kappa shape index (κ3) is 3.86. The van der Waals surface area contributed by atoms with Crippen LogP contribution in [0.1, 0.15) is 26.3 Å². The predicted octanol–water partition coefficient (Wildman–Crippen LogP) is 1.42. The second-order valence-electron chi connectivity index (χ2n) is 5.53. The molecule has 0 atom stereocenters. The van der Waals surface area contributed by atoms with Crippen LogP contribution < -0.4 is 20.1 Å². The van der Waals surface area contributed by atoms with Crippen molar-refractivity contribution in [1.29, 1.82) is 0 Å². The number of para-hydroxylation sites is 1. The average Bonchev–Trinajstić information content (AvgIpc) is 2.81. The average molecular weight is 264 g/mol. The van der Waals surface area contributed by atoms with Crippen LogP contribution in [0.5, 0.6) is 11.5 Å². The van der Waals surface area contributed by atoms with Gasteiger partial charge in [0.05, 0.1) is 6.54 Å². The number of carbonyl (C=O) groups is 1. The summed E-state index contributed by atoms with van der Waals surface area (Å²) in [6.07, 6.45) is 0. The molecule has 5 nitrogen and oxygen atoms in total. The minimum absolute atomic E-state index is 0.0357. The molecule has 0 fully saturated rings. The summed E-state index contributed by atoms with van der Waals surface area (Å²) in [4.78, 5) is 11.7. The molecule has 0 unspecified atom stereocenters. The van der Waals surface area contributed by atoms with Crippen LogP contribution in [0, 0.1) is 0 Å². The number of benzene rings is 1. The van der Waals surface area contributed by atoms with Crippen LogP contribution in [0.15, 0.2) is 18.2 Å². The fraction of sp³-hybridized carbons (Fsp3) is 0.500. The van der Waals surface area contributed by atoms with Crippen molar-refractivity contribution in [2.45, 2.75) is 32.9 Å². The van der Waals surface area contributed by atoms with Gasteiger partial charge < -0.3 is 20.1 Å². The van der Waals surface area contributed by atoms with Gasteiger partial charge in [-0.25, -0.2) is 0 Å². The lowest BCUT2D eigenvalue weighted by atomic mass is 10.1. The minimum Gasteiger partial charge on any atom is -0.454 e. The van der Waals surface area contributed by atoms with Gasteiger partial charge in [-0.2, -0.15) is 0 Å². The van der Waals surface area contributed by atoms with Crippen molar-refractivity contribution in [2.24, 2.45) is 0 Å². The predicted molar refractivity (Wildman–Crippen MR) is 72.2 cm³/mol. The monoisotopic (exact) mass is 264 g/mol. The molecule has 19 heavy (non-hydrogen) atoms. The lowest BCUT2D eigenvalue weighted by Gasteiger charge is -2.20. The Kier molecular flexibility index (Phi) is 3.95. The lowest BCUT2D eigenvalue weighted by Crippen LogP contribution is -2.43. The Labute approximate surface area is 113 Å². The van der Waals surface area contributed by atoms with Gasteiger partial charge in [-0.15, -0.1) is 0 Å². The van der Waals surface area contributed by atoms with E-state index in [9.17, 15) is 4.79 Å². The Morgan fingerprint density at radius 2 is 2.11 bits per heavy atom. The highest BCUT2D eigenvalue weighted by atomic mass is 16.7. The van der Waals surface area contributed by atoms with Crippen molar-refractivity contribution in [3.05, 3.63) is 23.8 Å². The zero-order valence-electron chi connectivity index (χ0n) is 11.6. The molecular weight excluding hydrogens is 244 g/mol. The van der Waals surface area contributed by atoms with Crippen LogP contribution in [0.25, 0.3) is 0 Å². The molecule has 0 saturated carbocycles. The molecule has 0 aliphatic carbocycles. The third-order valence-electron chi connectivity index (χ3n) is 2.73. The summed E-state index contributed by atoms with van der Waals surface area (Å²) in [5, 5.41) is 6.01. The van der Waals surface area contributed by atoms with Gasteiger partial charge in [0.15, 0.2) is 11.5 Å². The Bertz CT molecular complexity index is 466. The van der Waals surface area contributed by atoms with Gasteiger partial charge in [0, 0.05) is 17.6 Å². The zero-order valence-corrected chi connectivity index (χ0v) is 11.6. The van der Waals surface area contributed by atoms with Crippen LogP contribution in [-0.2, 0) is 11.3 Å². The number of hydrogen-bond donors (Lipinski definition) is 2. The number of rotatable bonds is 4. The molecule has 0 aromatic heterocycles. The molecule has 1 aliphatic heterocycles. The fourth-order valence-electron chi connectivity index (χ4n) is 1.73. The number of carbonyl (C=O) groups excluding carboxylic acids is 1. The second kappa shape index (κ2) is 5.48. The Balaban J connectivity index is 1.86. The highest BCUT2D eigenvalue weighted by Crippen LogP contribution is 2.35. The number of ether oxygens (including phenoxy) is 2. The Morgan fingerprint density at radius 3 is 2.84 bits per heavy atom. The van der Waals surface area contributed by atoms with Crippen LogP contribution in [0.3, 0.4) is 0 Å². The van der Waals surface area contributed by atoms with E-state index >= 15 is 0 Å². The molecule has 0 saturated heterocycles. The SMILES string of the molecule is CC(C)(C)NCC(=O)NCc1cccc2c1OCO2. The van der Waals surface area contributed by atoms with Gasteiger partial charge in [0.1, 0.15) is 0 Å². The number of hydrogen-bond acceptors (Lipinski definition) is 4. The summed E-state index contributed by atoms with van der Waals surface area (Å²) in [6.45, 7) is 7.06. The molecule has 1 aromatic carbocycles. The van der Waals surface area contributed by atoms with E-state index in [4.69, 9.17) is 9.47 Å². The van der Waals surface area contributed by atoms with E-state index in [1.807, 2.05) is 39.0 Å². The first-order valence-electron chi connectivity index (χ1n) is 6.35. The summed E-state index contributed by atoms with van der Waals surface area (Å²) < 4.78 is 10.7. The molecule has 1 aliphatic rings. The topological polar surface area (TPSA) is 59.6 Å². The van der Waals surface area contributed by atoms with Gasteiger partial charge >= 0.3 is 0 Å². The van der Waals surface area contributed by atoms with E-state index in [0.717, 1.165) is 17.1 Å². The number of fused-ring (bicyclic) bond motifs is 1. The second-order valence-corrected chi connectivity index (χ2v) is 5.53. The maximum Gasteiger partial charge on any atom is 0.234 e. The van der Waals surface area contributed by atoms with E-state index in [1.54, 1.807) is 0 Å². The number of amides is 1. The summed E-state index contributed by atoms with van der Waals surface area (Å²) >= 11 is 0. The van der Waals surface area contributed by atoms with Crippen LogP contribution in [0.4, 0.5) is 0 Å². The van der Waals surface area contributed by atoms with Gasteiger partial charge in [-0.05, 0) is 26.8 Å². The van der Waals surface area contributed by atoms with E-state index in [2.05, 4.69) is 10.6 Å². The molecular formula is C14H20N2O3. The Hall–Kier alpha value is -1.75. The van der Waals surface area contributed by atoms with E-state index in [1.165, 1.54) is 0 Å². The first-order chi connectivity index (χ1) is 8.96. The first kappa shape index (κ1) is 13.7. The lowest BCUT2D eigenvalue weighted by molar-refractivity contribution is -0.120. The molecule has 5 heteroatoms. The van der Waals surface area contributed by atoms with Gasteiger partial charge in [0.25, 0.3) is 0 Å². The maximum atomic E-state index is 11.7. The smallest absolute Gasteiger partial charge is 0.234 e. The largest absolute Gasteiger partial charge is 0.454 e. The van der Waals surface area contributed by atoms with Crippen LogP contribution >= 0.6 is 0 Å². The van der Waals surface area contributed by atoms with Gasteiger partial charge in [-0.3, -0.25) is 4.79 Å². The zero-order chi connectivity index (χ0) is 13.9. The van der Waals surface area contributed by atoms with Crippen molar-refractivity contribution < 1.29 is 14.3 Å². The minimum atomic E-state index is -0.0672. The molecule has 1 aromatic rings. The molecule has 2 rings (SSSR count). The summed E-state index contributed by atoms with van der Waals surface area (Å²) in [5.74, 6) is 1.43. The van der Waals surface area contributed by atoms with E-state index < -0.39 is 0 Å². The Morgan fingerprint density at radius 1 is 1.32 bits per heavy atom. The van der Waals surface area contributed by atoms with Crippen molar-refractivity contribution in [3.63, 3.8) is 0 Å². The van der Waals surface area contributed by atoms with Gasteiger partial charge in [-0.1, -0.05) is 12.1 Å². The highest BCUT2D eigenvalue weighted by Gasteiger charge is 2.17. The van der Waals surface area contributed by atoms with Crippen molar-refractivity contribution in [3.8, 4) is 11.5 Å². The highest BCUT2D eigenvalue weighted by molar-refractivity contribution is 5.78. The summed E-state index contributed by atoms with van der Waals surface area (Å²) in [7, 11) is 0. The van der Waals surface area contributed by atoms with Crippen LogP contribution in [0.2, 0.25) is 0 Å². The fourth-order valence-corrected chi connectivity index (χ4v) is 1.73. The normalized spacial score (nSPS) is 13.4. The molecule has 0 radical (unpaired) electrons. The summed E-state index contributed by atoms with van der Waals surface area (Å²) in [6, 6.07) is 5.67. The van der Waals surface area contributed by atoms with Gasteiger partial charge in [0.2, 0.25) is 12.7 Å². The van der Waals surface area contributed by atoms with Crippen molar-refractivity contribution in [1.82, 2.24) is 10.6 Å². The molecule has 2 N–H and O–H groups in total. The quantitative estimate of drug-likeness (QED) is 0.863. The molecule has 0 bridgehead atoms. The van der Waals surface area contributed by atoms with Crippen molar-refractivity contribution >= 4 is 5.91 Å². The summed E-state index contributed by atoms with van der Waals surface area (Å²) in [5.41, 5.74) is 0.863. The van der Waals surface area contributed by atoms with Crippen molar-refractivity contribution in [2.75, 3.05) is 13.3 Å². The van der Waals surface area contributed by atoms with E-state index in [-0.39, 0.29) is 18.2 Å². The van der Waals surface area contributed by atoms with Crippen LogP contribution in [-0.4, -0.2) is 24.8 Å². The molecule has 1 amide bonds. The molecule has 104 valence electrons. The maximum absolute atomic E-state index is 11.7. The third-order valence-corrected chi connectivity index (χ3v) is 2.73. The standard InChI is InChI=1S/C14H20N2O3/c1-14(2,3)16-8-12(17)15-7-10-5-4-6-11-13(10)19-9-18-11/h4-6,16H,7-9H2,1-3H3,(H,15,17). The first-order valence-corrected chi connectivity index (χ1v) is 6.35.